The van der Waals surface area contributed by atoms with Gasteiger partial charge in [0.05, 0.1) is 5.92 Å². The highest BCUT2D eigenvalue weighted by molar-refractivity contribution is 7.89. The normalized spacial score (nSPS) is 18.4. The van der Waals surface area contributed by atoms with Gasteiger partial charge in [0, 0.05) is 19.1 Å². The molecule has 2 aromatic rings. The van der Waals surface area contributed by atoms with Crippen LogP contribution < -0.4 is 5.32 Å². The molecule has 1 atom stereocenters. The summed E-state index contributed by atoms with van der Waals surface area (Å²) in [6, 6.07) is 9.56. The van der Waals surface area contributed by atoms with Crippen molar-refractivity contribution in [2.45, 2.75) is 44.6 Å². The minimum Gasteiger partial charge on any atom is -0.355 e. The van der Waals surface area contributed by atoms with Crippen LogP contribution in [0.1, 0.15) is 43.7 Å². The Morgan fingerprint density at radius 1 is 1.28 bits per heavy atom. The number of hydrogen-bond acceptors (Lipinski definition) is 5. The maximum atomic E-state index is 13.4. The zero-order valence-corrected chi connectivity index (χ0v) is 17.8. The lowest BCUT2D eigenvalue weighted by Crippen LogP contribution is -2.46. The Hall–Kier alpha value is -2.45. The standard InChI is InChI=1S/C21H27N3O4S/c1-15(2)22-21(25)18-10-7-13-24(14-18)29(26,27)20-16(3)23-28-19(20)12-11-17-8-5-4-6-9-17/h4-6,8-9,11-12,15,18H,7,10,13-14H2,1-3H3,(H,22,25)/b12-11+. The van der Waals surface area contributed by atoms with E-state index >= 15 is 0 Å². The smallest absolute Gasteiger partial charge is 0.248 e. The zero-order valence-electron chi connectivity index (χ0n) is 17.0. The van der Waals surface area contributed by atoms with Crippen molar-refractivity contribution in [2.75, 3.05) is 13.1 Å². The summed E-state index contributed by atoms with van der Waals surface area (Å²) in [7, 11) is -3.83. The second kappa shape index (κ2) is 8.92. The minimum absolute atomic E-state index is 0.0181. The molecule has 0 bridgehead atoms. The lowest BCUT2D eigenvalue weighted by molar-refractivity contribution is -0.126. The van der Waals surface area contributed by atoms with Gasteiger partial charge in [-0.25, -0.2) is 8.42 Å². The molecule has 1 N–H and O–H groups in total. The molecule has 1 amide bonds. The average molecular weight is 418 g/mol. The second-order valence-electron chi connectivity index (χ2n) is 7.57. The van der Waals surface area contributed by atoms with Gasteiger partial charge in [-0.15, -0.1) is 0 Å². The topological polar surface area (TPSA) is 92.5 Å². The first kappa shape index (κ1) is 21.3. The monoisotopic (exact) mass is 417 g/mol. The number of benzene rings is 1. The first-order chi connectivity index (χ1) is 13.8. The molecule has 2 heterocycles. The maximum Gasteiger partial charge on any atom is 0.248 e. The molecule has 1 aliphatic heterocycles. The summed E-state index contributed by atoms with van der Waals surface area (Å²) in [6.45, 7) is 5.93. The van der Waals surface area contributed by atoms with Crippen LogP contribution in [0.15, 0.2) is 39.8 Å². The van der Waals surface area contributed by atoms with Crippen LogP contribution in [0.25, 0.3) is 12.2 Å². The molecular formula is C21H27N3O4S. The quantitative estimate of drug-likeness (QED) is 0.780. The molecule has 1 aliphatic rings. The Bertz CT molecular complexity index is 981. The van der Waals surface area contributed by atoms with Crippen molar-refractivity contribution in [3.05, 3.63) is 47.3 Å². The molecule has 1 saturated heterocycles. The summed E-state index contributed by atoms with van der Waals surface area (Å²) in [5, 5.41) is 6.75. The zero-order chi connectivity index (χ0) is 21.0. The number of nitrogens with one attached hydrogen (secondary N) is 1. The summed E-state index contributed by atoms with van der Waals surface area (Å²) < 4.78 is 33.4. The Kier molecular flexibility index (Phi) is 6.54. The van der Waals surface area contributed by atoms with Crippen LogP contribution in [0.4, 0.5) is 0 Å². The number of aryl methyl sites for hydroxylation is 1. The molecule has 1 fully saturated rings. The van der Waals surface area contributed by atoms with Crippen LogP contribution in [0.3, 0.4) is 0 Å². The van der Waals surface area contributed by atoms with Crippen molar-refractivity contribution in [1.82, 2.24) is 14.8 Å². The fourth-order valence-electron chi connectivity index (χ4n) is 3.44. The second-order valence-corrected chi connectivity index (χ2v) is 9.45. The molecule has 0 aliphatic carbocycles. The molecular weight excluding hydrogens is 390 g/mol. The van der Waals surface area contributed by atoms with Gasteiger partial charge in [0.1, 0.15) is 5.69 Å². The highest BCUT2D eigenvalue weighted by Crippen LogP contribution is 2.29. The molecule has 0 saturated carbocycles. The largest absolute Gasteiger partial charge is 0.355 e. The van der Waals surface area contributed by atoms with Gasteiger partial charge in [0.15, 0.2) is 10.7 Å². The Morgan fingerprint density at radius 3 is 2.69 bits per heavy atom. The predicted octanol–water partition coefficient (Wildman–Crippen LogP) is 3.08. The predicted molar refractivity (Wildman–Crippen MR) is 111 cm³/mol. The number of aromatic nitrogens is 1. The summed E-state index contributed by atoms with van der Waals surface area (Å²) in [4.78, 5) is 12.5. The number of nitrogens with zero attached hydrogens (tertiary/aromatic N) is 2. The van der Waals surface area contributed by atoms with E-state index in [1.807, 2.05) is 44.2 Å². The molecule has 1 aromatic heterocycles. The van der Waals surface area contributed by atoms with Crippen LogP contribution >= 0.6 is 0 Å². The van der Waals surface area contributed by atoms with Crippen LogP contribution in [0.5, 0.6) is 0 Å². The highest BCUT2D eigenvalue weighted by atomic mass is 32.2. The summed E-state index contributed by atoms with van der Waals surface area (Å²) >= 11 is 0. The Labute approximate surface area is 171 Å². The van der Waals surface area contributed by atoms with E-state index in [1.54, 1.807) is 19.1 Å². The lowest BCUT2D eigenvalue weighted by atomic mass is 9.98. The number of hydrogen-bond donors (Lipinski definition) is 1. The van der Waals surface area contributed by atoms with Crippen molar-refractivity contribution in [2.24, 2.45) is 5.92 Å². The van der Waals surface area contributed by atoms with E-state index in [-0.39, 0.29) is 35.1 Å². The average Bonchev–Trinajstić information content (AvgIpc) is 3.08. The molecule has 0 spiro atoms. The van der Waals surface area contributed by atoms with Gasteiger partial charge in [-0.05, 0) is 45.3 Å². The SMILES string of the molecule is Cc1noc(/C=C/c2ccccc2)c1S(=O)(=O)N1CCCC(C(=O)NC(C)C)C1. The lowest BCUT2D eigenvalue weighted by Gasteiger charge is -2.31. The fraction of sp³-hybridized carbons (Fsp3) is 0.429. The fourth-order valence-corrected chi connectivity index (χ4v) is 5.21. The van der Waals surface area contributed by atoms with E-state index in [0.717, 1.165) is 5.56 Å². The van der Waals surface area contributed by atoms with E-state index in [1.165, 1.54) is 4.31 Å². The maximum absolute atomic E-state index is 13.4. The van der Waals surface area contributed by atoms with Crippen LogP contribution in [-0.4, -0.2) is 42.9 Å². The van der Waals surface area contributed by atoms with Crippen molar-refractivity contribution in [3.8, 4) is 0 Å². The van der Waals surface area contributed by atoms with Gasteiger partial charge in [-0.2, -0.15) is 4.31 Å². The molecule has 3 rings (SSSR count). The van der Waals surface area contributed by atoms with Crippen molar-refractivity contribution in [3.63, 3.8) is 0 Å². The summed E-state index contributed by atoms with van der Waals surface area (Å²) in [6.07, 6.45) is 4.71. The molecule has 1 unspecified atom stereocenters. The van der Waals surface area contributed by atoms with Crippen molar-refractivity contribution >= 4 is 28.1 Å². The number of carbonyl (C=O) groups excluding carboxylic acids is 1. The van der Waals surface area contributed by atoms with Crippen LogP contribution in [0, 0.1) is 12.8 Å². The van der Waals surface area contributed by atoms with E-state index in [2.05, 4.69) is 10.5 Å². The molecule has 156 valence electrons. The summed E-state index contributed by atoms with van der Waals surface area (Å²) in [5.41, 5.74) is 1.24. The van der Waals surface area contributed by atoms with Gasteiger partial charge in [0.25, 0.3) is 0 Å². The number of sulfonamides is 1. The third kappa shape index (κ3) is 4.94. The summed E-state index contributed by atoms with van der Waals surface area (Å²) in [5.74, 6) is -0.268. The van der Waals surface area contributed by atoms with Gasteiger partial charge in [0.2, 0.25) is 15.9 Å². The Balaban J connectivity index is 1.85. The third-order valence-corrected chi connectivity index (χ3v) is 6.87. The highest BCUT2D eigenvalue weighted by Gasteiger charge is 2.36. The van der Waals surface area contributed by atoms with Gasteiger partial charge < -0.3 is 9.84 Å². The number of carbonyl (C=O) groups is 1. The molecule has 0 radical (unpaired) electrons. The number of amides is 1. The molecule has 8 heteroatoms. The Morgan fingerprint density at radius 2 is 2.00 bits per heavy atom. The molecule has 7 nitrogen and oxygen atoms in total. The van der Waals surface area contributed by atoms with Crippen molar-refractivity contribution < 1.29 is 17.7 Å². The van der Waals surface area contributed by atoms with Gasteiger partial charge in [-0.3, -0.25) is 4.79 Å². The van der Waals surface area contributed by atoms with E-state index in [9.17, 15) is 13.2 Å². The number of rotatable bonds is 6. The van der Waals surface area contributed by atoms with Crippen LogP contribution in [-0.2, 0) is 14.8 Å². The first-order valence-corrected chi connectivity index (χ1v) is 11.2. The third-order valence-electron chi connectivity index (χ3n) is 4.84. The molecule has 29 heavy (non-hydrogen) atoms. The van der Waals surface area contributed by atoms with Gasteiger partial charge >= 0.3 is 0 Å². The van der Waals surface area contributed by atoms with Gasteiger partial charge in [-0.1, -0.05) is 41.6 Å². The van der Waals surface area contributed by atoms with E-state index in [4.69, 9.17) is 4.52 Å². The first-order valence-electron chi connectivity index (χ1n) is 9.79. The molecule has 1 aromatic carbocycles. The number of piperidine rings is 1. The van der Waals surface area contributed by atoms with E-state index < -0.39 is 10.0 Å². The van der Waals surface area contributed by atoms with Crippen LogP contribution in [0.2, 0.25) is 0 Å². The van der Waals surface area contributed by atoms with E-state index in [0.29, 0.717) is 25.1 Å². The van der Waals surface area contributed by atoms with Crippen molar-refractivity contribution in [1.29, 1.82) is 0 Å². The minimum atomic E-state index is -3.83.